The van der Waals surface area contributed by atoms with Crippen LogP contribution in [-0.4, -0.2) is 56.7 Å². The van der Waals surface area contributed by atoms with Gasteiger partial charge in [0.2, 0.25) is 0 Å². The van der Waals surface area contributed by atoms with Gasteiger partial charge in [-0.2, -0.15) is 0 Å². The number of morpholine rings is 1. The van der Waals surface area contributed by atoms with Crippen molar-refractivity contribution in [2.75, 3.05) is 26.3 Å². The molecule has 1 rings (SSSR count). The summed E-state index contributed by atoms with van der Waals surface area (Å²) in [4.78, 5) is -0.0283. The van der Waals surface area contributed by atoms with E-state index in [1.165, 1.54) is 0 Å². The number of rotatable bonds is 5. The van der Waals surface area contributed by atoms with Gasteiger partial charge in [-0.15, -0.1) is 0 Å². The van der Waals surface area contributed by atoms with E-state index in [1.807, 2.05) is 0 Å². The molecular weight excluding hydrogens is 507 g/mol. The molecule has 0 spiro atoms. The third-order valence-electron chi connectivity index (χ3n) is 2.28. The Morgan fingerprint density at radius 3 is 2.00 bits per heavy atom. The summed E-state index contributed by atoms with van der Waals surface area (Å²) in [5, 5.41) is 3.49. The molecule has 0 aromatic carbocycles. The van der Waals surface area contributed by atoms with E-state index in [0.717, 1.165) is 0 Å². The third kappa shape index (κ3) is 2.16. The van der Waals surface area contributed by atoms with Gasteiger partial charge in [-0.1, -0.05) is 0 Å². The van der Waals surface area contributed by atoms with Crippen LogP contribution in [-0.2, 0) is 9.84 Å². The van der Waals surface area contributed by atoms with Crippen LogP contribution < -0.4 is 0 Å². The summed E-state index contributed by atoms with van der Waals surface area (Å²) in [6.07, 6.45) is -5.23. The number of hydrogen-bond donors (Lipinski definition) is 0. The van der Waals surface area contributed by atoms with Crippen LogP contribution in [0.25, 0.3) is 0 Å². The standard InChI is InChI=1S/C7H8F6NO2.CH2.Cf/c8-5(9,7(12,13)15)6(10,11)14-1-3-16-4-2-14;;/h1-4H2;1H2;/q-1;;+1. The zero-order chi connectivity index (χ0) is 14.0. The topological polar surface area (TPSA) is 21.7 Å². The van der Waals surface area contributed by atoms with Crippen molar-refractivity contribution in [2.45, 2.75) is 18.1 Å². The molecule has 0 radical (unpaired) electrons. The molecule has 0 unspecified atom stereocenters. The molecule has 0 amide bonds. The van der Waals surface area contributed by atoms with Gasteiger partial charge in [0, 0.05) is 0 Å². The molecule has 10 heteroatoms. The number of hydrogen-bond acceptors (Lipinski definition) is 3. The molecule has 0 aliphatic carbocycles. The molecule has 1 aliphatic heterocycles. The van der Waals surface area contributed by atoms with Crippen molar-refractivity contribution < 1.29 is 36.2 Å². The summed E-state index contributed by atoms with van der Waals surface area (Å²) in [5.41, 5.74) is 0. The van der Waals surface area contributed by atoms with Crippen molar-refractivity contribution in [2.24, 2.45) is 0 Å². The Morgan fingerprint density at radius 2 is 1.56 bits per heavy atom. The summed E-state index contributed by atoms with van der Waals surface area (Å²) in [7, 11) is 2.91. The van der Waals surface area contributed by atoms with Crippen molar-refractivity contribution >= 4 is 7.43 Å². The van der Waals surface area contributed by atoms with E-state index in [4.69, 9.17) is 4.74 Å². The maximum absolute atomic E-state index is 13.5. The molecule has 0 aromatic rings. The van der Waals surface area contributed by atoms with E-state index >= 15 is 0 Å². The molecule has 1 aliphatic rings. The minimum absolute atomic E-state index is 0.0283. The predicted octanol–water partition coefficient (Wildman–Crippen LogP) is 1.59. The van der Waals surface area contributed by atoms with E-state index < -0.39 is 31.2 Å². The molecule has 1 heterocycles. The van der Waals surface area contributed by atoms with Gasteiger partial charge in [0.25, 0.3) is 0 Å². The molecule has 0 saturated carbocycles. The quantitative estimate of drug-likeness (QED) is 0.409. The van der Waals surface area contributed by atoms with Crippen molar-refractivity contribution in [1.29, 1.82) is 0 Å². The average Bonchev–Trinajstić information content (AvgIpc) is 2.29. The van der Waals surface area contributed by atoms with Gasteiger partial charge < -0.3 is 0 Å². The fraction of sp³-hybridized carbons (Fsp3) is 0.875. The van der Waals surface area contributed by atoms with Crippen LogP contribution in [0, 0.1) is 0 Å². The van der Waals surface area contributed by atoms with Gasteiger partial charge in [-0.3, -0.25) is 0 Å². The van der Waals surface area contributed by atoms with Crippen LogP contribution in [0.5, 0.6) is 0 Å². The first-order chi connectivity index (χ1) is 8.17. The zero-order valence-corrected chi connectivity index (χ0v) is 11.5. The number of nitrogens with zero attached hydrogens (tertiary/aromatic N) is 1. The summed E-state index contributed by atoms with van der Waals surface area (Å²) < 4.78 is 81.7. The average molecular weight is 517 g/mol. The summed E-state index contributed by atoms with van der Waals surface area (Å²) in [5.74, 6) is -5.62. The fourth-order valence-corrected chi connectivity index (χ4v) is 2.13. The second-order valence-corrected chi connectivity index (χ2v) is 4.69. The Morgan fingerprint density at radius 1 is 1.06 bits per heavy atom. The molecule has 0 atom stereocenters. The van der Waals surface area contributed by atoms with E-state index in [9.17, 15) is 26.3 Å². The first kappa shape index (κ1) is 14.4. The number of halogens is 6. The Hall–Kier alpha value is -1.67. The first-order valence-corrected chi connectivity index (χ1v) is 7.56. The van der Waals surface area contributed by atoms with Crippen molar-refractivity contribution in [3.63, 3.8) is 0 Å². The Kier molecular flexibility index (Phi) is 3.63. The van der Waals surface area contributed by atoms with Gasteiger partial charge in [-0.05, 0) is 0 Å². The summed E-state index contributed by atoms with van der Waals surface area (Å²) in [6.45, 7) is -1.55. The van der Waals surface area contributed by atoms with Crippen molar-refractivity contribution in [1.82, 2.24) is 4.90 Å². The molecule has 1 fully saturated rings. The Balaban J connectivity index is 2.96. The van der Waals surface area contributed by atoms with Gasteiger partial charge >= 0.3 is 92.9 Å². The van der Waals surface area contributed by atoms with Gasteiger partial charge in [0.15, 0.2) is 0 Å². The first-order valence-electron chi connectivity index (χ1n) is 4.62. The second-order valence-electron chi connectivity index (χ2n) is 3.39. The van der Waals surface area contributed by atoms with Crippen molar-refractivity contribution in [3.8, 4) is 0 Å². The molecule has 1 saturated heterocycles. The number of ether oxygens (including phenoxy) is 1. The second kappa shape index (κ2) is 4.54. The summed E-state index contributed by atoms with van der Waals surface area (Å²) >= 11 is 0. The molecule has 111 valence electrons. The molecule has 0 bridgehead atoms. The molecular formula is C8H10CfF6NO2. The molecule has 3 nitrogen and oxygen atoms in total. The molecule has 18 heavy (non-hydrogen) atoms. The monoisotopic (exact) mass is 515 g/mol. The van der Waals surface area contributed by atoms with Gasteiger partial charge in [-0.25, -0.2) is 0 Å². The van der Waals surface area contributed by atoms with E-state index in [-0.39, 0.29) is 18.1 Å². The van der Waals surface area contributed by atoms with Crippen LogP contribution in [0.2, 0.25) is 0 Å². The van der Waals surface area contributed by atoms with E-state index in [2.05, 4.69) is 12.5 Å². The van der Waals surface area contributed by atoms with Gasteiger partial charge in [0.05, 0.1) is 0 Å². The van der Waals surface area contributed by atoms with E-state index in [1.54, 1.807) is 0 Å². The van der Waals surface area contributed by atoms with Crippen LogP contribution >= 0.6 is 0 Å². The normalized spacial score (nSPS) is 19.7. The van der Waals surface area contributed by atoms with E-state index in [0.29, 0.717) is 0 Å². The maximum atomic E-state index is 13.5. The Labute approximate surface area is 94.0 Å². The molecule has 0 aromatic heterocycles. The van der Waals surface area contributed by atoms with Crippen LogP contribution in [0.15, 0.2) is 0 Å². The van der Waals surface area contributed by atoms with Crippen LogP contribution in [0.3, 0.4) is 0 Å². The van der Waals surface area contributed by atoms with Crippen LogP contribution in [0.4, 0.5) is 26.3 Å². The van der Waals surface area contributed by atoms with Crippen molar-refractivity contribution in [3.05, 3.63) is 0 Å². The Bertz CT molecular complexity index is 308. The third-order valence-corrected chi connectivity index (χ3v) is 3.33. The minimum atomic E-state index is -5.62. The SMILES string of the molecule is [CH2]=[Cf][O]C(F)(F)C(F)(F)C(F)(F)N1CCOCC1. The summed E-state index contributed by atoms with van der Waals surface area (Å²) in [6, 6.07) is -5.01. The number of alkyl halides is 6. The molecule has 0 N–H and O–H groups in total. The fourth-order valence-electron chi connectivity index (χ4n) is 1.32. The van der Waals surface area contributed by atoms with Crippen LogP contribution in [0.1, 0.15) is 0 Å². The zero-order valence-electron chi connectivity index (χ0n) is 8.88. The van der Waals surface area contributed by atoms with Gasteiger partial charge in [0.1, 0.15) is 0 Å². The predicted molar refractivity (Wildman–Crippen MR) is 45.4 cm³/mol.